The van der Waals surface area contributed by atoms with Crippen LogP contribution >= 0.6 is 66.3 Å². The number of thioether (sulfide) groups is 1. The SMILES string of the molecule is CSc1cc(-c2ccc(-c3cc(OCC(C)C)cc(Br)n3)s2)nc(-c2ccc(-c3cc(OCC(C)C)cc(Br)n3)s2)c1. The minimum Gasteiger partial charge on any atom is -0.493 e. The summed E-state index contributed by atoms with van der Waals surface area (Å²) in [7, 11) is 0. The number of aromatic nitrogens is 3. The van der Waals surface area contributed by atoms with E-state index in [0.717, 1.165) is 67.9 Å². The summed E-state index contributed by atoms with van der Waals surface area (Å²) < 4.78 is 13.5. The van der Waals surface area contributed by atoms with E-state index in [1.165, 1.54) is 0 Å². The zero-order chi connectivity index (χ0) is 29.8. The van der Waals surface area contributed by atoms with Crippen molar-refractivity contribution in [3.05, 3.63) is 69.9 Å². The first-order chi connectivity index (χ1) is 20.2. The van der Waals surface area contributed by atoms with Gasteiger partial charge in [-0.1, -0.05) is 27.7 Å². The molecule has 10 heteroatoms. The molecule has 5 rings (SSSR count). The third-order valence-corrected chi connectivity index (χ3v) is 9.74. The summed E-state index contributed by atoms with van der Waals surface area (Å²) in [4.78, 5) is 20.0. The number of ether oxygens (including phenoxy) is 2. The van der Waals surface area contributed by atoms with Gasteiger partial charge in [-0.05, 0) is 86.3 Å². The second-order valence-corrected chi connectivity index (χ2v) is 15.2. The Labute approximate surface area is 276 Å². The average molecular weight is 746 g/mol. The highest BCUT2D eigenvalue weighted by molar-refractivity contribution is 9.10. The van der Waals surface area contributed by atoms with E-state index in [2.05, 4.69) is 102 Å². The van der Waals surface area contributed by atoms with Gasteiger partial charge in [0.15, 0.2) is 0 Å². The summed E-state index contributed by atoms with van der Waals surface area (Å²) in [5, 5.41) is 0. The van der Waals surface area contributed by atoms with Gasteiger partial charge in [0.1, 0.15) is 20.7 Å². The second-order valence-electron chi connectivity index (χ2n) is 10.5. The summed E-state index contributed by atoms with van der Waals surface area (Å²) in [5.41, 5.74) is 3.64. The quantitative estimate of drug-likeness (QED) is 0.0991. The fourth-order valence-electron chi connectivity index (χ4n) is 3.99. The molecule has 0 bridgehead atoms. The molecule has 5 heterocycles. The van der Waals surface area contributed by atoms with Gasteiger partial charge in [0, 0.05) is 29.2 Å². The van der Waals surface area contributed by atoms with Gasteiger partial charge in [0.05, 0.1) is 55.5 Å². The second kappa shape index (κ2) is 14.0. The molecule has 42 heavy (non-hydrogen) atoms. The van der Waals surface area contributed by atoms with Crippen LogP contribution < -0.4 is 9.47 Å². The van der Waals surface area contributed by atoms with Crippen molar-refractivity contribution in [3.8, 4) is 53.8 Å². The van der Waals surface area contributed by atoms with Gasteiger partial charge in [-0.3, -0.25) is 0 Å². The van der Waals surface area contributed by atoms with Crippen molar-refractivity contribution in [3.63, 3.8) is 0 Å². The Morgan fingerprint density at radius 3 is 1.36 bits per heavy atom. The third kappa shape index (κ3) is 8.02. The predicted molar refractivity (Wildman–Crippen MR) is 185 cm³/mol. The summed E-state index contributed by atoms with van der Waals surface area (Å²) in [5.74, 6) is 2.52. The molecule has 0 aliphatic rings. The standard InChI is InChI=1S/C32H31Br2N3O2S3/c1-18(2)16-38-20-10-23(36-31(33)12-20)27-6-8-29(41-27)25-14-22(40-5)15-26(35-25)30-9-7-28(42-30)24-11-21(13-32(34)37-24)39-17-19(3)4/h6-15,18-19H,16-17H2,1-5H3. The van der Waals surface area contributed by atoms with Crippen molar-refractivity contribution in [1.82, 2.24) is 15.0 Å². The minimum atomic E-state index is 0.448. The molecule has 0 aromatic carbocycles. The zero-order valence-electron chi connectivity index (χ0n) is 24.0. The van der Waals surface area contributed by atoms with Crippen LogP contribution in [-0.4, -0.2) is 34.4 Å². The highest BCUT2D eigenvalue weighted by atomic mass is 79.9. The van der Waals surface area contributed by atoms with Crippen molar-refractivity contribution in [2.75, 3.05) is 19.5 Å². The van der Waals surface area contributed by atoms with Crippen molar-refractivity contribution in [2.45, 2.75) is 32.6 Å². The van der Waals surface area contributed by atoms with Gasteiger partial charge in [-0.25, -0.2) is 15.0 Å². The van der Waals surface area contributed by atoms with E-state index < -0.39 is 0 Å². The summed E-state index contributed by atoms with van der Waals surface area (Å²) in [6.45, 7) is 9.88. The van der Waals surface area contributed by atoms with E-state index in [9.17, 15) is 0 Å². The highest BCUT2D eigenvalue weighted by Crippen LogP contribution is 2.40. The number of pyridine rings is 3. The molecule has 0 saturated heterocycles. The lowest BCUT2D eigenvalue weighted by Gasteiger charge is -2.10. The topological polar surface area (TPSA) is 57.1 Å². The van der Waals surface area contributed by atoms with Gasteiger partial charge < -0.3 is 9.47 Å². The summed E-state index contributed by atoms with van der Waals surface area (Å²) in [6, 6.07) is 20.6. The fourth-order valence-corrected chi connectivity index (χ4v) is 7.14. The van der Waals surface area contributed by atoms with Gasteiger partial charge >= 0.3 is 0 Å². The largest absolute Gasteiger partial charge is 0.493 e. The van der Waals surface area contributed by atoms with E-state index in [-0.39, 0.29) is 0 Å². The number of halogens is 2. The molecule has 0 fully saturated rings. The lowest BCUT2D eigenvalue weighted by atomic mass is 10.2. The van der Waals surface area contributed by atoms with Gasteiger partial charge in [0.2, 0.25) is 0 Å². The van der Waals surface area contributed by atoms with Crippen molar-refractivity contribution in [1.29, 1.82) is 0 Å². The molecule has 0 aliphatic heterocycles. The minimum absolute atomic E-state index is 0.448. The van der Waals surface area contributed by atoms with Crippen LogP contribution in [0.15, 0.2) is 74.8 Å². The molecular weight excluding hydrogens is 714 g/mol. The van der Waals surface area contributed by atoms with Crippen molar-refractivity contribution >= 4 is 66.3 Å². The number of rotatable bonds is 11. The number of hydrogen-bond donors (Lipinski definition) is 0. The maximum Gasteiger partial charge on any atom is 0.124 e. The predicted octanol–water partition coefficient (Wildman–Crippen LogP) is 11.0. The summed E-state index contributed by atoms with van der Waals surface area (Å²) >= 11 is 12.2. The lowest BCUT2D eigenvalue weighted by molar-refractivity contribution is 0.270. The number of thiophene rings is 2. The molecule has 0 spiro atoms. The first-order valence-electron chi connectivity index (χ1n) is 13.5. The van der Waals surface area contributed by atoms with Crippen LogP contribution in [0, 0.1) is 11.8 Å². The van der Waals surface area contributed by atoms with Crippen LogP contribution in [0.1, 0.15) is 27.7 Å². The molecule has 0 radical (unpaired) electrons. The van der Waals surface area contributed by atoms with E-state index in [0.29, 0.717) is 25.0 Å². The Bertz CT molecular complexity index is 1570. The van der Waals surface area contributed by atoms with Gasteiger partial charge in [0.25, 0.3) is 0 Å². The number of nitrogens with zero attached hydrogens (tertiary/aromatic N) is 3. The molecular formula is C32H31Br2N3O2S3. The molecule has 0 aliphatic carbocycles. The molecule has 0 amide bonds. The van der Waals surface area contributed by atoms with E-state index in [1.807, 2.05) is 24.3 Å². The lowest BCUT2D eigenvalue weighted by Crippen LogP contribution is -2.04. The molecule has 0 saturated carbocycles. The average Bonchev–Trinajstić information content (AvgIpc) is 3.65. The first-order valence-corrected chi connectivity index (χ1v) is 18.0. The monoisotopic (exact) mass is 743 g/mol. The van der Waals surface area contributed by atoms with Crippen molar-refractivity contribution in [2.24, 2.45) is 11.8 Å². The van der Waals surface area contributed by atoms with Gasteiger partial charge in [-0.15, -0.1) is 34.4 Å². The highest BCUT2D eigenvalue weighted by Gasteiger charge is 2.15. The molecule has 5 aromatic heterocycles. The Morgan fingerprint density at radius 1 is 0.619 bits per heavy atom. The fraction of sp³-hybridized carbons (Fsp3) is 0.281. The Kier molecular flexibility index (Phi) is 10.4. The van der Waals surface area contributed by atoms with Crippen LogP contribution in [0.4, 0.5) is 0 Å². The summed E-state index contributed by atoms with van der Waals surface area (Å²) in [6.07, 6.45) is 2.09. The molecule has 0 unspecified atom stereocenters. The normalized spacial score (nSPS) is 11.5. The van der Waals surface area contributed by atoms with E-state index in [1.54, 1.807) is 34.4 Å². The Hall–Kier alpha value is -2.24. The Morgan fingerprint density at radius 2 is 1.00 bits per heavy atom. The van der Waals surface area contributed by atoms with Crippen LogP contribution in [-0.2, 0) is 0 Å². The Balaban J connectivity index is 1.43. The maximum absolute atomic E-state index is 5.97. The molecule has 5 nitrogen and oxygen atoms in total. The van der Waals surface area contributed by atoms with E-state index in [4.69, 9.17) is 24.4 Å². The zero-order valence-corrected chi connectivity index (χ0v) is 29.6. The number of hydrogen-bond acceptors (Lipinski definition) is 8. The van der Waals surface area contributed by atoms with Gasteiger partial charge in [-0.2, -0.15) is 0 Å². The van der Waals surface area contributed by atoms with E-state index >= 15 is 0 Å². The van der Waals surface area contributed by atoms with Crippen LogP contribution in [0.2, 0.25) is 0 Å². The molecule has 0 N–H and O–H groups in total. The van der Waals surface area contributed by atoms with Crippen LogP contribution in [0.5, 0.6) is 11.5 Å². The molecule has 5 aromatic rings. The van der Waals surface area contributed by atoms with Crippen molar-refractivity contribution < 1.29 is 9.47 Å². The first kappa shape index (κ1) is 31.2. The van der Waals surface area contributed by atoms with Crippen LogP contribution in [0.25, 0.3) is 42.3 Å². The molecule has 218 valence electrons. The molecule has 0 atom stereocenters. The third-order valence-electron chi connectivity index (χ3n) is 5.96. The smallest absolute Gasteiger partial charge is 0.124 e. The maximum atomic E-state index is 5.97. The van der Waals surface area contributed by atoms with Crippen LogP contribution in [0.3, 0.4) is 0 Å².